The lowest BCUT2D eigenvalue weighted by molar-refractivity contribution is 0.0976. The monoisotopic (exact) mass is 285 g/mol. The number of carbonyl (C=O) groups is 2. The Morgan fingerprint density at radius 2 is 1.86 bits per heavy atom. The van der Waals surface area contributed by atoms with Crippen molar-refractivity contribution in [1.29, 1.82) is 0 Å². The van der Waals surface area contributed by atoms with E-state index in [2.05, 4.69) is 10.3 Å². The summed E-state index contributed by atoms with van der Waals surface area (Å²) < 4.78 is 14.0. The number of fused-ring (bicyclic) bond motifs is 2. The summed E-state index contributed by atoms with van der Waals surface area (Å²) in [6.45, 7) is 0.775. The fourth-order valence-electron chi connectivity index (χ4n) is 2.43. The molecule has 5 nitrogen and oxygen atoms in total. The molecular weight excluding hydrogens is 273 g/mol. The molecule has 1 heterocycles. The van der Waals surface area contributed by atoms with Gasteiger partial charge in [-0.25, -0.2) is 4.39 Å². The van der Waals surface area contributed by atoms with Crippen molar-refractivity contribution in [1.82, 2.24) is 4.98 Å². The van der Waals surface area contributed by atoms with Crippen LogP contribution in [0.4, 0.5) is 10.1 Å². The molecule has 0 unspecified atom stereocenters. The number of anilines is 1. The van der Waals surface area contributed by atoms with E-state index < -0.39 is 11.6 Å². The van der Waals surface area contributed by atoms with Crippen molar-refractivity contribution >= 4 is 17.3 Å². The normalized spacial score (nSPS) is 12.9. The number of nitrogens with one attached hydrogen (secondary N) is 1. The number of ketones is 2. The fraction of sp³-hybridized carbons (Fsp3) is 0.133. The van der Waals surface area contributed by atoms with E-state index in [-0.39, 0.29) is 28.0 Å². The minimum Gasteiger partial charge on any atom is -0.383 e. The van der Waals surface area contributed by atoms with E-state index in [9.17, 15) is 14.0 Å². The Labute approximate surface area is 120 Å². The van der Waals surface area contributed by atoms with Crippen molar-refractivity contribution in [3.8, 4) is 0 Å². The van der Waals surface area contributed by atoms with Crippen LogP contribution < -0.4 is 11.1 Å². The third-order valence-electron chi connectivity index (χ3n) is 3.38. The lowest BCUT2D eigenvalue weighted by Gasteiger charge is -2.20. The Balaban J connectivity index is 2.24. The van der Waals surface area contributed by atoms with Crippen LogP contribution in [0.5, 0.6) is 0 Å². The molecule has 0 atom stereocenters. The number of benzene rings is 1. The molecule has 3 N–H and O–H groups in total. The predicted octanol–water partition coefficient (Wildman–Crippen LogP) is 1.37. The zero-order valence-electron chi connectivity index (χ0n) is 11.0. The van der Waals surface area contributed by atoms with Crippen LogP contribution in [0, 0.1) is 5.82 Å². The van der Waals surface area contributed by atoms with Gasteiger partial charge in [0.05, 0.1) is 16.7 Å². The molecule has 0 saturated carbocycles. The molecule has 0 aliphatic heterocycles. The Morgan fingerprint density at radius 1 is 1.10 bits per heavy atom. The zero-order chi connectivity index (χ0) is 15.0. The maximum atomic E-state index is 14.0. The predicted molar refractivity (Wildman–Crippen MR) is 75.0 cm³/mol. The number of hydrogen-bond donors (Lipinski definition) is 2. The molecule has 1 aromatic heterocycles. The number of pyridine rings is 1. The Hall–Kier alpha value is -2.60. The summed E-state index contributed by atoms with van der Waals surface area (Å²) in [6.07, 6.45) is 2.72. The van der Waals surface area contributed by atoms with Crippen molar-refractivity contribution in [3.63, 3.8) is 0 Å². The van der Waals surface area contributed by atoms with E-state index in [1.807, 2.05) is 0 Å². The van der Waals surface area contributed by atoms with Crippen molar-refractivity contribution in [3.05, 3.63) is 58.7 Å². The summed E-state index contributed by atoms with van der Waals surface area (Å²) in [5.41, 5.74) is 6.06. The topological polar surface area (TPSA) is 85.1 Å². The number of aromatic nitrogens is 1. The minimum atomic E-state index is -0.712. The number of nitrogens with zero attached hydrogens (tertiary/aromatic N) is 1. The van der Waals surface area contributed by atoms with Gasteiger partial charge in [-0.1, -0.05) is 0 Å². The summed E-state index contributed by atoms with van der Waals surface area (Å²) in [5, 5.41) is 2.95. The number of rotatable bonds is 3. The lowest BCUT2D eigenvalue weighted by atomic mass is 9.84. The summed E-state index contributed by atoms with van der Waals surface area (Å²) in [7, 11) is 0. The molecule has 3 rings (SSSR count). The molecule has 1 aliphatic carbocycles. The van der Waals surface area contributed by atoms with Gasteiger partial charge in [0, 0.05) is 36.7 Å². The van der Waals surface area contributed by atoms with Crippen molar-refractivity contribution in [2.45, 2.75) is 0 Å². The van der Waals surface area contributed by atoms with Crippen LogP contribution in [0.2, 0.25) is 0 Å². The van der Waals surface area contributed by atoms with Gasteiger partial charge in [-0.2, -0.15) is 0 Å². The third kappa shape index (κ3) is 2.00. The number of nitrogens with two attached hydrogens (primary N) is 1. The molecule has 21 heavy (non-hydrogen) atoms. The molecule has 0 amide bonds. The highest BCUT2D eigenvalue weighted by molar-refractivity contribution is 6.30. The van der Waals surface area contributed by atoms with Crippen LogP contribution in [0.25, 0.3) is 0 Å². The third-order valence-corrected chi connectivity index (χ3v) is 3.38. The number of carbonyl (C=O) groups excluding carboxylic acids is 2. The second-order valence-corrected chi connectivity index (χ2v) is 4.64. The highest BCUT2D eigenvalue weighted by atomic mass is 19.1. The first-order chi connectivity index (χ1) is 10.1. The van der Waals surface area contributed by atoms with Gasteiger partial charge in [0.1, 0.15) is 5.82 Å². The first-order valence-corrected chi connectivity index (χ1v) is 6.45. The summed E-state index contributed by atoms with van der Waals surface area (Å²) in [6, 6.07) is 4.08. The lowest BCUT2D eigenvalue weighted by Crippen LogP contribution is -2.25. The summed E-state index contributed by atoms with van der Waals surface area (Å²) in [5.74, 6) is -1.63. The minimum absolute atomic E-state index is 0.0622. The number of hydrogen-bond acceptors (Lipinski definition) is 5. The molecule has 0 bridgehead atoms. The summed E-state index contributed by atoms with van der Waals surface area (Å²) >= 11 is 0. The van der Waals surface area contributed by atoms with Gasteiger partial charge in [-0.3, -0.25) is 14.6 Å². The van der Waals surface area contributed by atoms with Crippen molar-refractivity contribution < 1.29 is 14.0 Å². The SMILES string of the molecule is NCCNc1ccc(F)c2c1C(=O)c1ccncc1C2=O. The van der Waals surface area contributed by atoms with Crippen LogP contribution in [0.1, 0.15) is 31.8 Å². The van der Waals surface area contributed by atoms with Crippen LogP contribution >= 0.6 is 0 Å². The van der Waals surface area contributed by atoms with Crippen LogP contribution in [0.15, 0.2) is 30.6 Å². The number of halogens is 1. The molecule has 0 spiro atoms. The van der Waals surface area contributed by atoms with Gasteiger partial charge in [-0.15, -0.1) is 0 Å². The van der Waals surface area contributed by atoms with Gasteiger partial charge in [0.15, 0.2) is 11.6 Å². The van der Waals surface area contributed by atoms with E-state index in [0.29, 0.717) is 18.8 Å². The summed E-state index contributed by atoms with van der Waals surface area (Å²) in [4.78, 5) is 28.8. The fourth-order valence-corrected chi connectivity index (χ4v) is 2.43. The molecule has 2 aromatic rings. The Bertz CT molecular complexity index is 759. The first kappa shape index (κ1) is 13.4. The average molecular weight is 285 g/mol. The smallest absolute Gasteiger partial charge is 0.199 e. The Morgan fingerprint density at radius 3 is 2.62 bits per heavy atom. The molecule has 1 aliphatic rings. The highest BCUT2D eigenvalue weighted by Gasteiger charge is 2.34. The van der Waals surface area contributed by atoms with Gasteiger partial charge >= 0.3 is 0 Å². The van der Waals surface area contributed by atoms with Gasteiger partial charge in [0.25, 0.3) is 0 Å². The zero-order valence-corrected chi connectivity index (χ0v) is 11.0. The standard InChI is InChI=1S/C15H12FN3O2/c16-10-1-2-11(19-6-4-17)13-12(10)15(21)9-7-18-5-3-8(9)14(13)20/h1-3,5,7,19H,4,6,17H2. The van der Waals surface area contributed by atoms with Gasteiger partial charge in [0.2, 0.25) is 0 Å². The Kier molecular flexibility index (Phi) is 3.23. The van der Waals surface area contributed by atoms with E-state index in [1.54, 1.807) is 0 Å². The quantitative estimate of drug-likeness (QED) is 0.759. The molecule has 1 aromatic carbocycles. The first-order valence-electron chi connectivity index (χ1n) is 6.45. The molecule has 0 radical (unpaired) electrons. The maximum absolute atomic E-state index is 14.0. The van der Waals surface area contributed by atoms with E-state index in [1.165, 1.54) is 30.6 Å². The maximum Gasteiger partial charge on any atom is 0.199 e. The second kappa shape index (κ2) is 5.06. The van der Waals surface area contributed by atoms with E-state index >= 15 is 0 Å². The molecule has 0 saturated heterocycles. The van der Waals surface area contributed by atoms with Gasteiger partial charge < -0.3 is 11.1 Å². The average Bonchev–Trinajstić information content (AvgIpc) is 2.51. The van der Waals surface area contributed by atoms with E-state index in [4.69, 9.17) is 5.73 Å². The molecule has 6 heteroatoms. The highest BCUT2D eigenvalue weighted by Crippen LogP contribution is 2.33. The van der Waals surface area contributed by atoms with Crippen LogP contribution in [0.3, 0.4) is 0 Å². The second-order valence-electron chi connectivity index (χ2n) is 4.64. The van der Waals surface area contributed by atoms with E-state index in [0.717, 1.165) is 0 Å². The molecule has 0 fully saturated rings. The van der Waals surface area contributed by atoms with Crippen molar-refractivity contribution in [2.24, 2.45) is 5.73 Å². The van der Waals surface area contributed by atoms with Crippen molar-refractivity contribution in [2.75, 3.05) is 18.4 Å². The molecular formula is C15H12FN3O2. The largest absolute Gasteiger partial charge is 0.383 e. The van der Waals surface area contributed by atoms with Crippen LogP contribution in [-0.2, 0) is 0 Å². The molecule has 106 valence electrons. The van der Waals surface area contributed by atoms with Gasteiger partial charge in [-0.05, 0) is 18.2 Å². The van der Waals surface area contributed by atoms with Crippen LogP contribution in [-0.4, -0.2) is 29.6 Å².